The molecule has 0 aliphatic rings. The maximum absolute atomic E-state index is 0. The average molecular weight is 103 g/mol. The van der Waals surface area contributed by atoms with Crippen molar-refractivity contribution in [3.05, 3.63) is 0 Å². The smallest absolute Gasteiger partial charge is 0.870 e. The third-order valence-electron chi connectivity index (χ3n) is 0. The van der Waals surface area contributed by atoms with Gasteiger partial charge in [-0.2, -0.15) is 0 Å². The molecule has 0 fully saturated rings. The van der Waals surface area contributed by atoms with E-state index in [4.69, 9.17) is 0 Å². The van der Waals surface area contributed by atoms with E-state index in [-0.39, 0.29) is 35.0 Å². The summed E-state index contributed by atoms with van der Waals surface area (Å²) in [4.78, 5) is 0. The largest absolute Gasteiger partial charge is 2.00 e. The van der Waals surface area contributed by atoms with Gasteiger partial charge in [-0.25, -0.2) is 0 Å². The first-order valence-electron chi connectivity index (χ1n) is 0. The second-order valence-electron chi connectivity index (χ2n) is 0. The van der Waals surface area contributed by atoms with Crippen LogP contribution in [0.1, 0.15) is 0 Å². The molecule has 0 heterocycles. The topological polar surface area (TPSA) is 91.5 Å². The molecule has 0 amide bonds. The van der Waals surface area contributed by atoms with Crippen LogP contribution in [0.2, 0.25) is 0 Å². The van der Waals surface area contributed by atoms with Gasteiger partial charge >= 0.3 is 18.6 Å². The molecule has 1 radical (unpaired) electrons. The molecule has 4 heteroatoms. The summed E-state index contributed by atoms with van der Waals surface area (Å²) in [7, 11) is 0. The third-order valence-corrected chi connectivity index (χ3v) is 0. The van der Waals surface area contributed by atoms with Crippen LogP contribution in [0.3, 0.4) is 0 Å². The Balaban J connectivity index is 0. The standard InChI is InChI=1S/3H2O.V/h3*1H2;/q;;;+2/p-2. The molecule has 4 N–H and O–H groups in total. The summed E-state index contributed by atoms with van der Waals surface area (Å²) in [5.41, 5.74) is 0. The molecule has 0 aromatic heterocycles. The number of rotatable bonds is 0. The van der Waals surface area contributed by atoms with Crippen molar-refractivity contribution in [2.75, 3.05) is 0 Å². The van der Waals surface area contributed by atoms with Crippen molar-refractivity contribution in [3.8, 4) is 0 Å². The zero-order valence-electron chi connectivity index (χ0n) is 1.84. The fourth-order valence-electron chi connectivity index (χ4n) is 0. The molecule has 0 aliphatic carbocycles. The normalized spacial score (nSPS) is 0. The van der Waals surface area contributed by atoms with E-state index in [1.165, 1.54) is 0 Å². The predicted octanol–water partition coefficient (Wildman–Crippen LogP) is -1.18. The molecule has 27 valence electrons. The van der Waals surface area contributed by atoms with Crippen LogP contribution >= 0.6 is 0 Å². The summed E-state index contributed by atoms with van der Waals surface area (Å²) >= 11 is 0. The zero-order valence-corrected chi connectivity index (χ0v) is 3.24. The quantitative estimate of drug-likeness (QED) is 0.386. The Morgan fingerprint density at radius 3 is 0.750 bits per heavy atom. The minimum atomic E-state index is 0. The van der Waals surface area contributed by atoms with E-state index in [0.717, 1.165) is 0 Å². The molecule has 0 aliphatic heterocycles. The van der Waals surface area contributed by atoms with Gasteiger partial charge in [0.15, 0.2) is 0 Å². The molecule has 0 aromatic rings. The third kappa shape index (κ3) is 24.5. The van der Waals surface area contributed by atoms with Gasteiger partial charge in [0.1, 0.15) is 0 Å². The minimum absolute atomic E-state index is 0. The van der Waals surface area contributed by atoms with E-state index in [1.54, 1.807) is 0 Å². The van der Waals surface area contributed by atoms with E-state index < -0.39 is 0 Å². The zero-order chi connectivity index (χ0) is 0. The molecule has 0 bridgehead atoms. The molecule has 0 saturated carbocycles. The van der Waals surface area contributed by atoms with Crippen molar-refractivity contribution in [2.45, 2.75) is 0 Å². The van der Waals surface area contributed by atoms with Crippen molar-refractivity contribution < 1.29 is 35.0 Å². The average Bonchev–Trinajstić information content (AvgIpc) is 0. The maximum atomic E-state index is 0. The van der Waals surface area contributed by atoms with Crippen molar-refractivity contribution in [3.63, 3.8) is 0 Å². The summed E-state index contributed by atoms with van der Waals surface area (Å²) in [5, 5.41) is 0. The minimum Gasteiger partial charge on any atom is -0.870 e. The van der Waals surface area contributed by atoms with Crippen LogP contribution in [-0.4, -0.2) is 16.4 Å². The van der Waals surface area contributed by atoms with Crippen molar-refractivity contribution in [2.24, 2.45) is 0 Å². The van der Waals surface area contributed by atoms with Crippen LogP contribution in [0.4, 0.5) is 0 Å². The van der Waals surface area contributed by atoms with Crippen LogP contribution in [0.15, 0.2) is 0 Å². The predicted molar refractivity (Wildman–Crippen MR) is 7.49 cm³/mol. The summed E-state index contributed by atoms with van der Waals surface area (Å²) in [6, 6.07) is 0. The van der Waals surface area contributed by atoms with Crippen LogP contribution < -0.4 is 0 Å². The van der Waals surface area contributed by atoms with Crippen molar-refractivity contribution >= 4 is 0 Å². The Hall–Kier alpha value is 0.464. The molecule has 3 nitrogen and oxygen atoms in total. The maximum Gasteiger partial charge on any atom is 2.00 e. The SMILES string of the molecule is O.[OH-].[OH-].[V+2]. The number of hydrogen-bond donors (Lipinski definition) is 0. The summed E-state index contributed by atoms with van der Waals surface area (Å²) in [5.74, 6) is 0. The first-order valence-corrected chi connectivity index (χ1v) is 0. The Kier molecular flexibility index (Phi) is 6060. The van der Waals surface area contributed by atoms with Gasteiger partial charge in [0, 0.05) is 0 Å². The summed E-state index contributed by atoms with van der Waals surface area (Å²) in [6.07, 6.45) is 0. The fourth-order valence-corrected chi connectivity index (χ4v) is 0. The molecule has 0 rings (SSSR count). The van der Waals surface area contributed by atoms with Crippen molar-refractivity contribution in [1.29, 1.82) is 0 Å². The van der Waals surface area contributed by atoms with Gasteiger partial charge in [0.2, 0.25) is 0 Å². The van der Waals surface area contributed by atoms with Crippen LogP contribution in [0.5, 0.6) is 0 Å². The van der Waals surface area contributed by atoms with Gasteiger partial charge in [0.05, 0.1) is 0 Å². The van der Waals surface area contributed by atoms with Gasteiger partial charge in [-0.1, -0.05) is 0 Å². The second-order valence-corrected chi connectivity index (χ2v) is 0. The van der Waals surface area contributed by atoms with Gasteiger partial charge in [-0.3, -0.25) is 0 Å². The molecular weight excluding hydrogens is 98.9 g/mol. The number of hydrogen-bond acceptors (Lipinski definition) is 2. The van der Waals surface area contributed by atoms with Crippen LogP contribution in [0, 0.1) is 0 Å². The van der Waals surface area contributed by atoms with E-state index in [0.29, 0.717) is 0 Å². The molecule has 0 saturated heterocycles. The molecule has 0 atom stereocenters. The van der Waals surface area contributed by atoms with Crippen molar-refractivity contribution in [1.82, 2.24) is 0 Å². The van der Waals surface area contributed by atoms with E-state index in [2.05, 4.69) is 0 Å². The van der Waals surface area contributed by atoms with E-state index in [1.807, 2.05) is 0 Å². The Morgan fingerprint density at radius 2 is 0.750 bits per heavy atom. The first-order chi connectivity index (χ1) is 0. The van der Waals surface area contributed by atoms with E-state index >= 15 is 0 Å². The van der Waals surface area contributed by atoms with Gasteiger partial charge in [0.25, 0.3) is 0 Å². The molecular formula is H4O3V. The summed E-state index contributed by atoms with van der Waals surface area (Å²) in [6.45, 7) is 0. The fraction of sp³-hybridized carbons (Fsp3) is 0. The van der Waals surface area contributed by atoms with Gasteiger partial charge in [-0.05, 0) is 0 Å². The molecule has 4 heavy (non-hydrogen) atoms. The molecule has 0 spiro atoms. The van der Waals surface area contributed by atoms with E-state index in [9.17, 15) is 0 Å². The Morgan fingerprint density at radius 1 is 0.750 bits per heavy atom. The Labute approximate surface area is 35.8 Å². The second kappa shape index (κ2) is 97.6. The summed E-state index contributed by atoms with van der Waals surface area (Å²) < 4.78 is 0. The monoisotopic (exact) mass is 103 g/mol. The Bertz CT molecular complexity index is 3.25. The van der Waals surface area contributed by atoms with Gasteiger partial charge < -0.3 is 16.4 Å². The van der Waals surface area contributed by atoms with Crippen LogP contribution in [-0.2, 0) is 18.6 Å². The molecule has 0 unspecified atom stereocenters. The van der Waals surface area contributed by atoms with Crippen LogP contribution in [0.25, 0.3) is 0 Å². The van der Waals surface area contributed by atoms with Gasteiger partial charge in [-0.15, -0.1) is 0 Å². The molecule has 0 aromatic carbocycles. The first kappa shape index (κ1) is 248.